The van der Waals surface area contributed by atoms with Crippen molar-refractivity contribution in [1.29, 1.82) is 0 Å². The lowest BCUT2D eigenvalue weighted by atomic mass is 10.1. The van der Waals surface area contributed by atoms with Gasteiger partial charge in [0.1, 0.15) is 0 Å². The molecule has 0 amide bonds. The summed E-state index contributed by atoms with van der Waals surface area (Å²) in [4.78, 5) is 25.7. The molecule has 0 atom stereocenters. The van der Waals surface area contributed by atoms with Crippen molar-refractivity contribution in [1.82, 2.24) is 24.9 Å². The van der Waals surface area contributed by atoms with E-state index in [0.717, 1.165) is 50.7 Å². The van der Waals surface area contributed by atoms with Crippen molar-refractivity contribution in [3.05, 3.63) is 42.5 Å². The first kappa shape index (κ1) is 17.9. The van der Waals surface area contributed by atoms with Gasteiger partial charge in [-0.15, -0.1) is 11.3 Å². The zero-order valence-electron chi connectivity index (χ0n) is 15.9. The fourth-order valence-electron chi connectivity index (χ4n) is 3.42. The molecular weight excluding hydrogens is 386 g/mol. The molecule has 0 aliphatic carbocycles. The van der Waals surface area contributed by atoms with E-state index < -0.39 is 0 Å². The molecule has 4 aromatic rings. The van der Waals surface area contributed by atoms with Crippen LogP contribution in [0.5, 0.6) is 0 Å². The molecule has 0 bridgehead atoms. The first-order chi connectivity index (χ1) is 14.2. The number of nitrogen functional groups attached to an aromatic ring is 1. The molecule has 146 valence electrons. The minimum absolute atomic E-state index is 0.230. The lowest BCUT2D eigenvalue weighted by Gasteiger charge is -2.28. The zero-order chi connectivity index (χ0) is 19.8. The van der Waals surface area contributed by atoms with Crippen molar-refractivity contribution in [2.24, 2.45) is 0 Å². The van der Waals surface area contributed by atoms with Crippen LogP contribution >= 0.6 is 11.3 Å². The standard InChI is InChI=1S/C20H19N7OS/c1-12-15-17(29-16(12)13-3-2-4-22-9-13)19(27-5-7-28-8-6-27)26-18(25-15)14-10-23-20(21)24-11-14/h2-4,9-11H,5-8H2,1H3,(H2,21,23,24). The summed E-state index contributed by atoms with van der Waals surface area (Å²) in [5, 5.41) is 0. The van der Waals surface area contributed by atoms with E-state index >= 15 is 0 Å². The average Bonchev–Trinajstić information content (AvgIpc) is 3.11. The van der Waals surface area contributed by atoms with Crippen molar-refractivity contribution in [2.45, 2.75) is 6.92 Å². The average molecular weight is 405 g/mol. The highest BCUT2D eigenvalue weighted by atomic mass is 32.1. The van der Waals surface area contributed by atoms with Gasteiger partial charge in [0.05, 0.1) is 29.0 Å². The minimum atomic E-state index is 0.230. The second-order valence-corrected chi connectivity index (χ2v) is 7.80. The third-order valence-corrected chi connectivity index (χ3v) is 6.24. The molecule has 0 radical (unpaired) electrons. The van der Waals surface area contributed by atoms with Gasteiger partial charge >= 0.3 is 0 Å². The molecule has 5 heterocycles. The lowest BCUT2D eigenvalue weighted by molar-refractivity contribution is 0.122. The maximum absolute atomic E-state index is 5.64. The van der Waals surface area contributed by atoms with Crippen molar-refractivity contribution >= 4 is 33.3 Å². The Bertz CT molecular complexity index is 1160. The molecule has 0 saturated carbocycles. The molecule has 4 aromatic heterocycles. The Hall–Kier alpha value is -3.17. The van der Waals surface area contributed by atoms with Crippen LogP contribution in [0.25, 0.3) is 32.0 Å². The number of nitrogens with zero attached hydrogens (tertiary/aromatic N) is 6. The van der Waals surface area contributed by atoms with E-state index in [-0.39, 0.29) is 5.95 Å². The predicted molar refractivity (Wildman–Crippen MR) is 114 cm³/mol. The second-order valence-electron chi connectivity index (χ2n) is 6.78. The van der Waals surface area contributed by atoms with Gasteiger partial charge in [-0.1, -0.05) is 6.07 Å². The largest absolute Gasteiger partial charge is 0.378 e. The molecule has 0 spiro atoms. The number of ether oxygens (including phenoxy) is 1. The fraction of sp³-hybridized carbons (Fsp3) is 0.250. The van der Waals surface area contributed by atoms with Crippen molar-refractivity contribution in [3.8, 4) is 21.8 Å². The summed E-state index contributed by atoms with van der Waals surface area (Å²) in [6.07, 6.45) is 6.99. The predicted octanol–water partition coefficient (Wildman–Crippen LogP) is 2.94. The van der Waals surface area contributed by atoms with E-state index in [1.165, 1.54) is 0 Å². The molecule has 8 nitrogen and oxygen atoms in total. The summed E-state index contributed by atoms with van der Waals surface area (Å²) in [6, 6.07) is 4.02. The van der Waals surface area contributed by atoms with Crippen LogP contribution in [0.15, 0.2) is 36.9 Å². The number of rotatable bonds is 3. The number of aromatic nitrogens is 5. The summed E-state index contributed by atoms with van der Waals surface area (Å²) < 4.78 is 6.61. The summed E-state index contributed by atoms with van der Waals surface area (Å²) in [5.74, 6) is 1.75. The third-order valence-electron chi connectivity index (χ3n) is 4.91. The van der Waals surface area contributed by atoms with Gasteiger partial charge in [-0.25, -0.2) is 19.9 Å². The van der Waals surface area contributed by atoms with Crippen LogP contribution in [0.4, 0.5) is 11.8 Å². The number of aryl methyl sites for hydroxylation is 1. The van der Waals surface area contributed by atoms with Crippen molar-refractivity contribution in [3.63, 3.8) is 0 Å². The number of nitrogens with two attached hydrogens (primary N) is 1. The molecule has 1 fully saturated rings. The Labute approximate surface area is 171 Å². The molecule has 2 N–H and O–H groups in total. The molecule has 0 aromatic carbocycles. The highest BCUT2D eigenvalue weighted by molar-refractivity contribution is 7.23. The van der Waals surface area contributed by atoms with Gasteiger partial charge in [0, 0.05) is 48.3 Å². The normalized spacial score (nSPS) is 14.4. The third kappa shape index (κ3) is 3.28. The zero-order valence-corrected chi connectivity index (χ0v) is 16.7. The molecule has 0 unspecified atom stereocenters. The molecule has 1 aliphatic heterocycles. The summed E-state index contributed by atoms with van der Waals surface area (Å²) >= 11 is 1.70. The summed E-state index contributed by atoms with van der Waals surface area (Å²) in [7, 11) is 0. The Morgan fingerprint density at radius 1 is 1.07 bits per heavy atom. The SMILES string of the molecule is Cc1c(-c2cccnc2)sc2c(N3CCOCC3)nc(-c3cnc(N)nc3)nc12. The molecule has 1 saturated heterocycles. The van der Waals surface area contributed by atoms with E-state index in [1.54, 1.807) is 29.9 Å². The quantitative estimate of drug-likeness (QED) is 0.555. The molecule has 29 heavy (non-hydrogen) atoms. The van der Waals surface area contributed by atoms with E-state index in [2.05, 4.69) is 32.8 Å². The number of fused-ring (bicyclic) bond motifs is 1. The Kier molecular flexibility index (Phi) is 4.53. The van der Waals surface area contributed by atoms with E-state index in [0.29, 0.717) is 19.0 Å². The van der Waals surface area contributed by atoms with Crippen molar-refractivity contribution < 1.29 is 4.74 Å². The summed E-state index contributed by atoms with van der Waals surface area (Å²) in [6.45, 7) is 5.06. The van der Waals surface area contributed by atoms with Crippen LogP contribution in [0, 0.1) is 6.92 Å². The minimum Gasteiger partial charge on any atom is -0.378 e. The van der Waals surface area contributed by atoms with Gasteiger partial charge in [0.25, 0.3) is 0 Å². The summed E-state index contributed by atoms with van der Waals surface area (Å²) in [5.41, 5.74) is 9.53. The highest BCUT2D eigenvalue weighted by Crippen LogP contribution is 2.41. The van der Waals surface area contributed by atoms with Crippen LogP contribution in [0.2, 0.25) is 0 Å². The number of hydrogen-bond acceptors (Lipinski definition) is 9. The smallest absolute Gasteiger partial charge is 0.219 e. The number of morpholine rings is 1. The van der Waals surface area contributed by atoms with Crippen LogP contribution < -0.4 is 10.6 Å². The topological polar surface area (TPSA) is 103 Å². The van der Waals surface area contributed by atoms with Gasteiger partial charge in [0.15, 0.2) is 11.6 Å². The van der Waals surface area contributed by atoms with Crippen LogP contribution in [-0.2, 0) is 4.74 Å². The van der Waals surface area contributed by atoms with Gasteiger partial charge in [-0.3, -0.25) is 4.98 Å². The fourth-order valence-corrected chi connectivity index (χ4v) is 4.67. The molecular formula is C20H19N7OS. The molecule has 9 heteroatoms. The van der Waals surface area contributed by atoms with Crippen LogP contribution in [-0.4, -0.2) is 51.2 Å². The van der Waals surface area contributed by atoms with Crippen molar-refractivity contribution in [2.75, 3.05) is 36.9 Å². The van der Waals surface area contributed by atoms with Crippen LogP contribution in [0.1, 0.15) is 5.56 Å². The number of pyridine rings is 1. The number of anilines is 2. The Morgan fingerprint density at radius 2 is 1.86 bits per heavy atom. The Balaban J connectivity index is 1.73. The van der Waals surface area contributed by atoms with E-state index in [4.69, 9.17) is 20.4 Å². The first-order valence-electron chi connectivity index (χ1n) is 9.33. The van der Waals surface area contributed by atoms with E-state index in [1.807, 2.05) is 12.3 Å². The maximum atomic E-state index is 5.64. The van der Waals surface area contributed by atoms with Gasteiger partial charge in [-0.2, -0.15) is 0 Å². The van der Waals surface area contributed by atoms with Gasteiger partial charge in [-0.05, 0) is 18.6 Å². The maximum Gasteiger partial charge on any atom is 0.219 e. The highest BCUT2D eigenvalue weighted by Gasteiger charge is 2.23. The lowest BCUT2D eigenvalue weighted by Crippen LogP contribution is -2.36. The Morgan fingerprint density at radius 3 is 2.59 bits per heavy atom. The van der Waals surface area contributed by atoms with E-state index in [9.17, 15) is 0 Å². The van der Waals surface area contributed by atoms with Gasteiger partial charge < -0.3 is 15.4 Å². The molecule has 5 rings (SSSR count). The second kappa shape index (κ2) is 7.34. The number of thiophene rings is 1. The van der Waals surface area contributed by atoms with Gasteiger partial charge in [0.2, 0.25) is 5.95 Å². The monoisotopic (exact) mass is 405 g/mol. The number of hydrogen-bond donors (Lipinski definition) is 1. The van der Waals surface area contributed by atoms with Crippen LogP contribution in [0.3, 0.4) is 0 Å². The first-order valence-corrected chi connectivity index (χ1v) is 10.1. The molecule has 1 aliphatic rings.